The summed E-state index contributed by atoms with van der Waals surface area (Å²) in [7, 11) is 0. The Morgan fingerprint density at radius 1 is 0.900 bits per heavy atom. The van der Waals surface area contributed by atoms with Crippen LogP contribution in [0.2, 0.25) is 0 Å². The van der Waals surface area contributed by atoms with Crippen LogP contribution in [0, 0.1) is 0 Å². The lowest BCUT2D eigenvalue weighted by Crippen LogP contribution is -2.54. The topological polar surface area (TPSA) is 141 Å². The lowest BCUT2D eigenvalue weighted by Gasteiger charge is -2.32. The number of aliphatic hydroxyl groups excluding tert-OH is 1. The van der Waals surface area contributed by atoms with E-state index < -0.39 is 17.6 Å². The van der Waals surface area contributed by atoms with E-state index in [9.17, 15) is 10.3 Å². The standard InChI is InChI=1S/C39H33BrN6O4/c40-33-16-7-6-15-32(33)36-39(24-26-10-1-8-17-34(26)43-46-41,42-37(50-36)25-18-20-27(21-19-25)49-23-9-22-47)38(48)45-44-35-30-13-4-2-11-28(30)29-12-3-5-14-31(29)35/h1-8,10-21,35-36,44,47H,9,22-24H2,(H,45,48)/t36-,39-/m0/s1. The van der Waals surface area contributed by atoms with Crippen LogP contribution in [0.5, 0.6) is 5.75 Å². The molecule has 0 unspecified atom stereocenters. The molecule has 0 bridgehead atoms. The van der Waals surface area contributed by atoms with Crippen LogP contribution in [0.25, 0.3) is 21.6 Å². The average molecular weight is 730 g/mol. The number of hydrogen-bond acceptors (Lipinski definition) is 7. The Bertz CT molecular complexity index is 2070. The molecular weight excluding hydrogens is 696 g/mol. The molecule has 5 aromatic carbocycles. The molecule has 0 radical (unpaired) electrons. The summed E-state index contributed by atoms with van der Waals surface area (Å²) in [5.41, 5.74) is 20.9. The molecule has 1 amide bonds. The van der Waals surface area contributed by atoms with Crippen molar-refractivity contribution in [3.05, 3.63) is 164 Å². The molecule has 5 aromatic rings. The van der Waals surface area contributed by atoms with Crippen molar-refractivity contribution >= 4 is 33.4 Å². The maximum atomic E-state index is 15.0. The van der Waals surface area contributed by atoms with Gasteiger partial charge in [0.05, 0.1) is 12.6 Å². The van der Waals surface area contributed by atoms with Gasteiger partial charge in [0.1, 0.15) is 5.75 Å². The number of fused-ring (bicyclic) bond motifs is 3. The van der Waals surface area contributed by atoms with Crippen LogP contribution < -0.4 is 15.6 Å². The number of carbonyl (C=O) groups is 1. The Balaban J connectivity index is 1.31. The van der Waals surface area contributed by atoms with Crippen LogP contribution in [0.15, 0.2) is 136 Å². The summed E-state index contributed by atoms with van der Waals surface area (Å²) in [6.07, 6.45) is -0.296. The smallest absolute Gasteiger partial charge is 0.266 e. The number of aliphatic imine (C=N–C) groups is 1. The minimum Gasteiger partial charge on any atom is -0.494 e. The van der Waals surface area contributed by atoms with E-state index in [1.165, 1.54) is 0 Å². The van der Waals surface area contributed by atoms with Gasteiger partial charge in [-0.15, -0.1) is 0 Å². The van der Waals surface area contributed by atoms with Crippen LogP contribution in [-0.2, 0) is 16.0 Å². The number of azide groups is 1. The number of hydrazine groups is 1. The number of amides is 1. The van der Waals surface area contributed by atoms with E-state index in [2.05, 4.69) is 61.1 Å². The molecule has 0 saturated carbocycles. The molecule has 0 spiro atoms. The van der Waals surface area contributed by atoms with Crippen molar-refractivity contribution in [3.8, 4) is 16.9 Å². The number of carbonyl (C=O) groups excluding carboxylic acids is 1. The number of halogens is 1. The third-order valence-electron chi connectivity index (χ3n) is 8.99. The predicted molar refractivity (Wildman–Crippen MR) is 195 cm³/mol. The zero-order valence-corrected chi connectivity index (χ0v) is 28.5. The van der Waals surface area contributed by atoms with E-state index in [0.717, 1.165) is 32.3 Å². The molecule has 0 saturated heterocycles. The highest BCUT2D eigenvalue weighted by Gasteiger charge is 2.54. The lowest BCUT2D eigenvalue weighted by molar-refractivity contribution is -0.130. The Kier molecular flexibility index (Phi) is 9.64. The van der Waals surface area contributed by atoms with E-state index in [1.54, 1.807) is 24.3 Å². The van der Waals surface area contributed by atoms with Gasteiger partial charge >= 0.3 is 0 Å². The normalized spacial score (nSPS) is 17.6. The molecule has 7 rings (SSSR count). The first-order chi connectivity index (χ1) is 24.5. The van der Waals surface area contributed by atoms with Crippen molar-refractivity contribution < 1.29 is 19.4 Å². The van der Waals surface area contributed by atoms with Crippen LogP contribution in [0.3, 0.4) is 0 Å². The molecule has 1 heterocycles. The first-order valence-electron chi connectivity index (χ1n) is 16.2. The van der Waals surface area contributed by atoms with Gasteiger partial charge in [0.2, 0.25) is 5.90 Å². The Morgan fingerprint density at radius 3 is 2.22 bits per heavy atom. The van der Waals surface area contributed by atoms with E-state index in [1.807, 2.05) is 72.8 Å². The molecule has 10 nitrogen and oxygen atoms in total. The second-order valence-electron chi connectivity index (χ2n) is 12.0. The van der Waals surface area contributed by atoms with Gasteiger partial charge in [0, 0.05) is 45.6 Å². The molecule has 0 aromatic heterocycles. The second-order valence-corrected chi connectivity index (χ2v) is 12.9. The summed E-state index contributed by atoms with van der Waals surface area (Å²) in [6.45, 7) is 0.426. The van der Waals surface area contributed by atoms with Crippen molar-refractivity contribution in [2.45, 2.75) is 30.5 Å². The molecule has 11 heteroatoms. The quantitative estimate of drug-likeness (QED) is 0.0392. The summed E-state index contributed by atoms with van der Waals surface area (Å²) in [5, 5.41) is 13.1. The van der Waals surface area contributed by atoms with Crippen molar-refractivity contribution in [1.29, 1.82) is 0 Å². The largest absolute Gasteiger partial charge is 0.494 e. The molecule has 3 N–H and O–H groups in total. The first-order valence-corrected chi connectivity index (χ1v) is 17.0. The van der Waals surface area contributed by atoms with Crippen LogP contribution in [0.1, 0.15) is 46.4 Å². The maximum Gasteiger partial charge on any atom is 0.266 e. The van der Waals surface area contributed by atoms with Gasteiger partial charge in [-0.25, -0.2) is 10.4 Å². The van der Waals surface area contributed by atoms with E-state index in [4.69, 9.17) is 19.6 Å². The Hall–Kier alpha value is -5.45. The average Bonchev–Trinajstić information content (AvgIpc) is 3.69. The van der Waals surface area contributed by atoms with E-state index >= 15 is 0 Å². The Labute approximate surface area is 297 Å². The van der Waals surface area contributed by atoms with Gasteiger partial charge in [-0.2, -0.15) is 0 Å². The fourth-order valence-electron chi connectivity index (χ4n) is 6.60. The first kappa shape index (κ1) is 33.1. The zero-order valence-electron chi connectivity index (χ0n) is 26.9. The summed E-state index contributed by atoms with van der Waals surface area (Å²) < 4.78 is 13.2. The fraction of sp³-hybridized carbons (Fsp3) is 0.179. The molecule has 0 fully saturated rings. The summed E-state index contributed by atoms with van der Waals surface area (Å²) in [5.74, 6) is 0.493. The van der Waals surface area contributed by atoms with Crippen molar-refractivity contribution in [1.82, 2.24) is 10.9 Å². The fourth-order valence-corrected chi connectivity index (χ4v) is 7.09. The summed E-state index contributed by atoms with van der Waals surface area (Å²) >= 11 is 3.70. The Morgan fingerprint density at radius 2 is 1.54 bits per heavy atom. The van der Waals surface area contributed by atoms with Gasteiger partial charge in [-0.1, -0.05) is 112 Å². The van der Waals surface area contributed by atoms with E-state index in [-0.39, 0.29) is 25.0 Å². The predicted octanol–water partition coefficient (Wildman–Crippen LogP) is 8.04. The molecule has 1 aliphatic heterocycles. The lowest BCUT2D eigenvalue weighted by atomic mass is 9.81. The highest BCUT2D eigenvalue weighted by atomic mass is 79.9. The monoisotopic (exact) mass is 728 g/mol. The van der Waals surface area contributed by atoms with Gasteiger partial charge in [-0.3, -0.25) is 10.2 Å². The van der Waals surface area contributed by atoms with Crippen molar-refractivity contribution in [2.75, 3.05) is 13.2 Å². The van der Waals surface area contributed by atoms with Crippen LogP contribution in [-0.4, -0.2) is 35.7 Å². The van der Waals surface area contributed by atoms with Gasteiger partial charge in [0.15, 0.2) is 11.6 Å². The third-order valence-corrected chi connectivity index (χ3v) is 9.71. The third kappa shape index (κ3) is 6.35. The number of benzene rings is 5. The summed E-state index contributed by atoms with van der Waals surface area (Å²) in [6, 6.07) is 38.0. The molecule has 250 valence electrons. The van der Waals surface area contributed by atoms with Gasteiger partial charge in [-0.05, 0) is 63.7 Å². The van der Waals surface area contributed by atoms with Crippen molar-refractivity contribution in [3.63, 3.8) is 0 Å². The molecule has 50 heavy (non-hydrogen) atoms. The minimum absolute atomic E-state index is 0.0424. The van der Waals surface area contributed by atoms with Gasteiger partial charge in [0.25, 0.3) is 5.91 Å². The van der Waals surface area contributed by atoms with Gasteiger partial charge < -0.3 is 14.6 Å². The van der Waals surface area contributed by atoms with Crippen LogP contribution >= 0.6 is 15.9 Å². The summed E-state index contributed by atoms with van der Waals surface area (Å²) in [4.78, 5) is 23.2. The number of aliphatic hydroxyl groups is 1. The molecule has 1 aliphatic carbocycles. The molecular formula is C39H33BrN6O4. The second kappa shape index (κ2) is 14.6. The number of rotatable bonds is 12. The minimum atomic E-state index is -1.55. The van der Waals surface area contributed by atoms with Crippen molar-refractivity contribution in [2.24, 2.45) is 10.1 Å². The number of nitrogens with zero attached hydrogens (tertiary/aromatic N) is 4. The maximum absolute atomic E-state index is 15.0. The number of hydrogen-bond donors (Lipinski definition) is 3. The highest BCUT2D eigenvalue weighted by Crippen LogP contribution is 2.46. The molecule has 2 aliphatic rings. The molecule has 2 atom stereocenters. The zero-order chi connectivity index (χ0) is 34.5. The number of ether oxygens (including phenoxy) is 2. The SMILES string of the molecule is [N-]=[N+]=Nc1ccccc1C[C@]1(C(=O)NNC2c3ccccc3-c3ccccc32)N=C(c2ccc(OCCCO)cc2)O[C@H]1c1ccccc1Br. The highest BCUT2D eigenvalue weighted by molar-refractivity contribution is 9.10. The van der Waals surface area contributed by atoms with E-state index in [0.29, 0.717) is 35.6 Å². The van der Waals surface area contributed by atoms with Crippen LogP contribution in [0.4, 0.5) is 5.69 Å². The number of nitrogens with one attached hydrogen (secondary N) is 2.